The van der Waals surface area contributed by atoms with Gasteiger partial charge in [0.1, 0.15) is 5.69 Å². The molecule has 2 rings (SSSR count). The molecule has 2 aromatic rings. The number of halogens is 2. The topological polar surface area (TPSA) is 42.2 Å². The molecule has 17 heavy (non-hydrogen) atoms. The van der Waals surface area contributed by atoms with Crippen molar-refractivity contribution in [3.63, 3.8) is 0 Å². The summed E-state index contributed by atoms with van der Waals surface area (Å²) in [5.41, 5.74) is 1.31. The van der Waals surface area contributed by atoms with Crippen LogP contribution in [-0.4, -0.2) is 15.6 Å². The van der Waals surface area contributed by atoms with Gasteiger partial charge in [-0.05, 0) is 33.6 Å². The summed E-state index contributed by atoms with van der Waals surface area (Å²) >= 11 is 6.74. The Morgan fingerprint density at radius 3 is 2.65 bits per heavy atom. The number of carboxylic acids is 1. The summed E-state index contributed by atoms with van der Waals surface area (Å²) in [7, 11) is 0. The number of carboxylic acid groups (broad SMARTS) is 1. The first-order valence-corrected chi connectivity index (χ1v) is 6.49. The Kier molecular flexibility index (Phi) is 3.69. The van der Waals surface area contributed by atoms with Gasteiger partial charge in [0.15, 0.2) is 0 Å². The van der Waals surface area contributed by atoms with Crippen LogP contribution in [0.5, 0.6) is 0 Å². The van der Waals surface area contributed by atoms with Gasteiger partial charge in [-0.2, -0.15) is 0 Å². The van der Waals surface area contributed by atoms with Gasteiger partial charge in [-0.25, -0.2) is 4.79 Å². The SMILES string of the molecule is O=C(O)c1cc(Br)cn1Cc1ccccc1Br. The van der Waals surface area contributed by atoms with E-state index in [1.54, 1.807) is 16.8 Å². The lowest BCUT2D eigenvalue weighted by Gasteiger charge is -2.07. The normalized spacial score (nSPS) is 10.5. The molecule has 1 N–H and O–H groups in total. The maximum atomic E-state index is 11.1. The summed E-state index contributed by atoms with van der Waals surface area (Å²) in [6, 6.07) is 9.35. The molecule has 0 bridgehead atoms. The molecule has 3 nitrogen and oxygen atoms in total. The standard InChI is InChI=1S/C12H9Br2NO2/c13-9-5-11(12(16)17)15(7-9)6-8-3-1-2-4-10(8)14/h1-5,7H,6H2,(H,16,17). The van der Waals surface area contributed by atoms with Crippen LogP contribution in [0.3, 0.4) is 0 Å². The predicted octanol–water partition coefficient (Wildman–Crippen LogP) is 3.76. The molecule has 1 aromatic carbocycles. The molecule has 0 saturated heterocycles. The van der Waals surface area contributed by atoms with Gasteiger partial charge in [-0.1, -0.05) is 34.1 Å². The van der Waals surface area contributed by atoms with Crippen LogP contribution in [-0.2, 0) is 6.54 Å². The van der Waals surface area contributed by atoms with E-state index in [0.29, 0.717) is 6.54 Å². The zero-order chi connectivity index (χ0) is 12.4. The number of nitrogens with zero attached hydrogens (tertiary/aromatic N) is 1. The summed E-state index contributed by atoms with van der Waals surface area (Å²) in [6.07, 6.45) is 1.77. The largest absolute Gasteiger partial charge is 0.477 e. The van der Waals surface area contributed by atoms with Crippen LogP contribution < -0.4 is 0 Å². The van der Waals surface area contributed by atoms with Crippen molar-refractivity contribution in [1.29, 1.82) is 0 Å². The quantitative estimate of drug-likeness (QED) is 0.907. The first-order valence-electron chi connectivity index (χ1n) is 4.90. The van der Waals surface area contributed by atoms with E-state index in [9.17, 15) is 4.79 Å². The van der Waals surface area contributed by atoms with E-state index >= 15 is 0 Å². The average molecular weight is 359 g/mol. The van der Waals surface area contributed by atoms with Gasteiger partial charge in [0, 0.05) is 21.7 Å². The molecule has 0 saturated carbocycles. The van der Waals surface area contributed by atoms with Crippen molar-refractivity contribution in [1.82, 2.24) is 4.57 Å². The molecule has 5 heteroatoms. The lowest BCUT2D eigenvalue weighted by Crippen LogP contribution is -2.08. The minimum absolute atomic E-state index is 0.271. The number of hydrogen-bond acceptors (Lipinski definition) is 1. The Morgan fingerprint density at radius 1 is 1.29 bits per heavy atom. The van der Waals surface area contributed by atoms with Crippen LogP contribution in [0.15, 0.2) is 45.5 Å². The molecule has 88 valence electrons. The molecule has 1 aromatic heterocycles. The molecular formula is C12H9Br2NO2. The van der Waals surface area contributed by atoms with E-state index in [1.807, 2.05) is 24.3 Å². The second-order valence-electron chi connectivity index (χ2n) is 3.57. The van der Waals surface area contributed by atoms with E-state index in [4.69, 9.17) is 5.11 Å². The summed E-state index contributed by atoms with van der Waals surface area (Å²) in [6.45, 7) is 0.522. The van der Waals surface area contributed by atoms with Crippen LogP contribution in [0, 0.1) is 0 Å². The Hall–Kier alpha value is -1.07. The van der Waals surface area contributed by atoms with Crippen LogP contribution in [0.25, 0.3) is 0 Å². The summed E-state index contributed by atoms with van der Waals surface area (Å²) in [5.74, 6) is -0.928. The van der Waals surface area contributed by atoms with E-state index in [1.165, 1.54) is 0 Å². The van der Waals surface area contributed by atoms with Crippen LogP contribution in [0.1, 0.15) is 16.1 Å². The molecule has 0 amide bonds. The van der Waals surface area contributed by atoms with Crippen molar-refractivity contribution >= 4 is 37.8 Å². The maximum absolute atomic E-state index is 11.1. The fourth-order valence-corrected chi connectivity index (χ4v) is 2.47. The third kappa shape index (κ3) is 2.79. The van der Waals surface area contributed by atoms with Crippen molar-refractivity contribution in [3.8, 4) is 0 Å². The Balaban J connectivity index is 2.36. The monoisotopic (exact) mass is 357 g/mol. The van der Waals surface area contributed by atoms with Gasteiger partial charge in [0.2, 0.25) is 0 Å². The fourth-order valence-electron chi connectivity index (χ4n) is 1.59. The first kappa shape index (κ1) is 12.4. The van der Waals surface area contributed by atoms with Gasteiger partial charge in [0.05, 0.1) is 0 Å². The molecule has 0 spiro atoms. The second kappa shape index (κ2) is 5.06. The Bertz CT molecular complexity index is 563. The number of aromatic nitrogens is 1. The van der Waals surface area contributed by atoms with Crippen LogP contribution in [0.2, 0.25) is 0 Å². The molecule has 0 unspecified atom stereocenters. The molecule has 1 heterocycles. The van der Waals surface area contributed by atoms with Crippen molar-refractivity contribution < 1.29 is 9.90 Å². The number of carbonyl (C=O) groups is 1. The van der Waals surface area contributed by atoms with Crippen molar-refractivity contribution in [2.75, 3.05) is 0 Å². The smallest absolute Gasteiger partial charge is 0.352 e. The molecule has 0 aliphatic rings. The van der Waals surface area contributed by atoms with Crippen LogP contribution in [0.4, 0.5) is 0 Å². The number of aromatic carboxylic acids is 1. The summed E-state index contributed by atoms with van der Waals surface area (Å²) in [5, 5.41) is 9.07. The Labute approximate surface area is 115 Å². The molecule has 0 fully saturated rings. The van der Waals surface area contributed by atoms with Gasteiger partial charge >= 0.3 is 5.97 Å². The van der Waals surface area contributed by atoms with Crippen molar-refractivity contribution in [2.45, 2.75) is 6.54 Å². The van der Waals surface area contributed by atoms with E-state index in [2.05, 4.69) is 31.9 Å². The number of hydrogen-bond donors (Lipinski definition) is 1. The molecule has 0 radical (unpaired) electrons. The maximum Gasteiger partial charge on any atom is 0.352 e. The third-order valence-corrected chi connectivity index (χ3v) is 3.59. The minimum atomic E-state index is -0.928. The third-order valence-electron chi connectivity index (χ3n) is 2.38. The molecule has 0 aliphatic heterocycles. The fraction of sp³-hybridized carbons (Fsp3) is 0.0833. The van der Waals surface area contributed by atoms with E-state index < -0.39 is 5.97 Å². The zero-order valence-corrected chi connectivity index (χ0v) is 11.9. The van der Waals surface area contributed by atoms with Gasteiger partial charge in [-0.3, -0.25) is 0 Å². The van der Waals surface area contributed by atoms with Gasteiger partial charge < -0.3 is 9.67 Å². The highest BCUT2D eigenvalue weighted by Gasteiger charge is 2.12. The number of benzene rings is 1. The lowest BCUT2D eigenvalue weighted by atomic mass is 10.2. The van der Waals surface area contributed by atoms with Crippen LogP contribution >= 0.6 is 31.9 Å². The molecular weight excluding hydrogens is 350 g/mol. The first-order chi connectivity index (χ1) is 8.08. The molecule has 0 atom stereocenters. The average Bonchev–Trinajstić information content (AvgIpc) is 2.63. The summed E-state index contributed by atoms with van der Waals surface area (Å²) in [4.78, 5) is 11.1. The van der Waals surface area contributed by atoms with Crippen molar-refractivity contribution in [3.05, 3.63) is 56.7 Å². The minimum Gasteiger partial charge on any atom is -0.477 e. The highest BCUT2D eigenvalue weighted by molar-refractivity contribution is 9.10. The summed E-state index contributed by atoms with van der Waals surface area (Å²) < 4.78 is 3.44. The predicted molar refractivity (Wildman–Crippen MR) is 72.3 cm³/mol. The van der Waals surface area contributed by atoms with Crippen molar-refractivity contribution in [2.24, 2.45) is 0 Å². The second-order valence-corrected chi connectivity index (χ2v) is 5.34. The van der Waals surface area contributed by atoms with Gasteiger partial charge in [0.25, 0.3) is 0 Å². The van der Waals surface area contributed by atoms with E-state index in [-0.39, 0.29) is 5.69 Å². The highest BCUT2D eigenvalue weighted by atomic mass is 79.9. The van der Waals surface area contributed by atoms with E-state index in [0.717, 1.165) is 14.5 Å². The van der Waals surface area contributed by atoms with Gasteiger partial charge in [-0.15, -0.1) is 0 Å². The zero-order valence-electron chi connectivity index (χ0n) is 8.73. The number of rotatable bonds is 3. The molecule has 0 aliphatic carbocycles. The Morgan fingerprint density at radius 2 is 2.00 bits per heavy atom. The lowest BCUT2D eigenvalue weighted by molar-refractivity contribution is 0.0685. The highest BCUT2D eigenvalue weighted by Crippen LogP contribution is 2.21.